The van der Waals surface area contributed by atoms with Gasteiger partial charge in [-0.05, 0) is 36.6 Å². The number of imidazole rings is 2. The first kappa shape index (κ1) is 35.0. The van der Waals surface area contributed by atoms with Crippen molar-refractivity contribution in [3.05, 3.63) is 9.54 Å². The lowest BCUT2D eigenvalue weighted by Crippen LogP contribution is -2.15. The minimum atomic E-state index is -4.56. The topological polar surface area (TPSA) is 23.0 Å². The Morgan fingerprint density at radius 3 is 1.51 bits per heavy atom. The Kier molecular flexibility index (Phi) is 12.0. The summed E-state index contributed by atoms with van der Waals surface area (Å²) in [5, 5.41) is 1.21. The monoisotopic (exact) mass is 715 g/mol. The molecule has 0 spiro atoms. The third-order valence-electron chi connectivity index (χ3n) is 5.41. The fraction of sp³-hybridized carbons (Fsp3) is 0.700. The van der Waals surface area contributed by atoms with Crippen molar-refractivity contribution in [2.24, 2.45) is 0 Å². The van der Waals surface area contributed by atoms with Gasteiger partial charge in [0.15, 0.2) is 9.54 Å². The van der Waals surface area contributed by atoms with Gasteiger partial charge in [0.2, 0.25) is 0 Å². The molecule has 0 N–H and O–H groups in total. The molecule has 5 nitrogen and oxygen atoms in total. The standard InChI is InChI=1S/C20H23F10N5S6/c1-2-38-12-13(33(10-5-19(25,26)27)17(37)32(12)9-4-18(22,23)24)39-35-40-14-15(41-35)34(11-6-20(28,29)30)16(36)31(14)8-3-7-21/h2-11H2,1H3. The molecule has 0 unspecified atom stereocenters. The Bertz CT molecular complexity index is 1310. The molecule has 2 aromatic rings. The smallest absolute Gasteiger partial charge is 0.310 e. The molecule has 3 heterocycles. The predicted molar refractivity (Wildman–Crippen MR) is 145 cm³/mol. The minimum absolute atomic E-state index is 0.0541. The van der Waals surface area contributed by atoms with Gasteiger partial charge in [0.1, 0.15) is 20.1 Å². The fourth-order valence-corrected chi connectivity index (χ4v) is 9.48. The van der Waals surface area contributed by atoms with E-state index in [0.29, 0.717) is 15.8 Å². The summed E-state index contributed by atoms with van der Waals surface area (Å²) in [6.45, 7) is -0.600. The van der Waals surface area contributed by atoms with Crippen molar-refractivity contribution in [2.45, 2.75) is 97.4 Å². The highest BCUT2D eigenvalue weighted by Crippen LogP contribution is 2.54. The van der Waals surface area contributed by atoms with Crippen LogP contribution in [-0.2, 0) is 26.2 Å². The van der Waals surface area contributed by atoms with Crippen LogP contribution in [0.1, 0.15) is 32.6 Å². The molecule has 0 aromatic carbocycles. The zero-order valence-electron chi connectivity index (χ0n) is 21.0. The highest BCUT2D eigenvalue weighted by molar-refractivity contribution is 8.27. The van der Waals surface area contributed by atoms with Gasteiger partial charge in [0.05, 0.1) is 25.9 Å². The number of hydrogen-bond donors (Lipinski definition) is 0. The molecule has 0 fully saturated rings. The molecule has 0 saturated carbocycles. The first-order valence-electron chi connectivity index (χ1n) is 11.9. The molecule has 0 aliphatic carbocycles. The Morgan fingerprint density at radius 2 is 1.07 bits per heavy atom. The van der Waals surface area contributed by atoms with E-state index in [9.17, 15) is 43.9 Å². The molecule has 21 heteroatoms. The minimum Gasteiger partial charge on any atom is -0.310 e. The van der Waals surface area contributed by atoms with E-state index in [4.69, 9.17) is 24.4 Å². The summed E-state index contributed by atoms with van der Waals surface area (Å²) in [5.74, 6) is 0.378. The summed E-state index contributed by atoms with van der Waals surface area (Å²) in [4.78, 5) is 0. The predicted octanol–water partition coefficient (Wildman–Crippen LogP) is 9.72. The lowest BCUT2D eigenvalue weighted by molar-refractivity contribution is -0.138. The Hall–Kier alpha value is -0.480. The van der Waals surface area contributed by atoms with Gasteiger partial charge in [-0.15, -0.1) is 14.9 Å². The van der Waals surface area contributed by atoms with Gasteiger partial charge in [-0.2, -0.15) is 39.5 Å². The highest BCUT2D eigenvalue weighted by Gasteiger charge is 2.36. The normalized spacial score (nSPS) is 14.8. The zero-order chi connectivity index (χ0) is 30.8. The summed E-state index contributed by atoms with van der Waals surface area (Å²) >= 11 is 14.7. The van der Waals surface area contributed by atoms with Crippen molar-refractivity contribution in [2.75, 3.05) is 12.4 Å². The number of thioether (sulfide) groups is 1. The van der Waals surface area contributed by atoms with Gasteiger partial charge in [0.25, 0.3) is 0 Å². The summed E-state index contributed by atoms with van der Waals surface area (Å²) in [7, 11) is 0. The van der Waals surface area contributed by atoms with E-state index in [2.05, 4.69) is 0 Å². The molecule has 1 aliphatic rings. The van der Waals surface area contributed by atoms with Crippen LogP contribution in [0.25, 0.3) is 0 Å². The molecular formula is C20H23F10N5S6. The van der Waals surface area contributed by atoms with E-state index in [1.807, 2.05) is 0 Å². The molecule has 0 amide bonds. The SMILES string of the molecule is CCSc1c(SN2Sc3c(n(CCC(F)(F)F)c(=S)n3CCCF)S2)n(CCC(F)(F)F)c(=S)n1CCC(F)(F)F. The first-order chi connectivity index (χ1) is 19.0. The first-order valence-corrected chi connectivity index (χ1v) is 16.0. The van der Waals surface area contributed by atoms with Crippen LogP contribution in [0.15, 0.2) is 20.1 Å². The van der Waals surface area contributed by atoms with Gasteiger partial charge >= 0.3 is 18.5 Å². The van der Waals surface area contributed by atoms with Gasteiger partial charge in [-0.3, -0.25) is 4.39 Å². The van der Waals surface area contributed by atoms with E-state index in [1.54, 1.807) is 6.92 Å². The maximum atomic E-state index is 13.1. The summed E-state index contributed by atoms with van der Waals surface area (Å²) < 4.78 is 137. The number of hydrogen-bond acceptors (Lipinski definition) is 7. The molecule has 0 radical (unpaired) electrons. The summed E-state index contributed by atoms with van der Waals surface area (Å²) in [6, 6.07) is 0. The fourth-order valence-electron chi connectivity index (χ4n) is 3.63. The Morgan fingerprint density at radius 1 is 0.659 bits per heavy atom. The second-order valence-corrected chi connectivity index (χ2v) is 13.9. The van der Waals surface area contributed by atoms with Crippen LogP contribution in [0.2, 0.25) is 0 Å². The Balaban J connectivity index is 2.01. The van der Waals surface area contributed by atoms with Crippen LogP contribution in [0, 0.1) is 9.54 Å². The van der Waals surface area contributed by atoms with E-state index in [0.717, 1.165) is 52.2 Å². The molecule has 41 heavy (non-hydrogen) atoms. The zero-order valence-corrected chi connectivity index (χ0v) is 25.9. The Labute approximate surface area is 255 Å². The molecule has 0 bridgehead atoms. The molecule has 1 aliphatic heterocycles. The molecule has 234 valence electrons. The number of fused-ring (bicyclic) bond motifs is 1. The number of alkyl halides is 10. The quantitative estimate of drug-likeness (QED) is 0.0881. The van der Waals surface area contributed by atoms with Crippen molar-refractivity contribution >= 4 is 72.0 Å². The number of aromatic nitrogens is 4. The second kappa shape index (κ2) is 14.1. The van der Waals surface area contributed by atoms with Gasteiger partial charge in [0, 0.05) is 62.0 Å². The van der Waals surface area contributed by atoms with Crippen LogP contribution >= 0.6 is 72.0 Å². The maximum absolute atomic E-state index is 13.1. The molecule has 0 saturated heterocycles. The van der Waals surface area contributed by atoms with E-state index < -0.39 is 64.1 Å². The third kappa shape index (κ3) is 9.50. The average molecular weight is 716 g/mol. The van der Waals surface area contributed by atoms with E-state index in [-0.39, 0.29) is 32.6 Å². The van der Waals surface area contributed by atoms with Gasteiger partial charge < -0.3 is 18.3 Å². The third-order valence-corrected chi connectivity index (χ3v) is 11.1. The van der Waals surface area contributed by atoms with Crippen LogP contribution in [0.4, 0.5) is 43.9 Å². The lowest BCUT2D eigenvalue weighted by atomic mass is 10.4. The average Bonchev–Trinajstić information content (AvgIpc) is 3.42. The largest absolute Gasteiger partial charge is 0.390 e. The van der Waals surface area contributed by atoms with Crippen molar-refractivity contribution in [3.63, 3.8) is 0 Å². The number of rotatable bonds is 13. The number of nitrogens with zero attached hydrogens (tertiary/aromatic N) is 5. The summed E-state index contributed by atoms with van der Waals surface area (Å²) in [5.41, 5.74) is 0. The molecule has 3 rings (SSSR count). The van der Waals surface area contributed by atoms with E-state index >= 15 is 0 Å². The molecule has 0 atom stereocenters. The van der Waals surface area contributed by atoms with Crippen LogP contribution in [0.5, 0.6) is 0 Å². The van der Waals surface area contributed by atoms with Crippen LogP contribution in [-0.4, -0.2) is 52.3 Å². The van der Waals surface area contributed by atoms with Crippen LogP contribution in [0.3, 0.4) is 0 Å². The van der Waals surface area contributed by atoms with Crippen molar-refractivity contribution in [1.82, 2.24) is 21.4 Å². The van der Waals surface area contributed by atoms with Crippen molar-refractivity contribution < 1.29 is 43.9 Å². The molecular weight excluding hydrogens is 693 g/mol. The summed E-state index contributed by atoms with van der Waals surface area (Å²) in [6.07, 6.45) is -17.2. The van der Waals surface area contributed by atoms with Crippen molar-refractivity contribution in [3.8, 4) is 0 Å². The molecule has 2 aromatic heterocycles. The lowest BCUT2D eigenvalue weighted by Gasteiger charge is -2.17. The van der Waals surface area contributed by atoms with Crippen LogP contribution < -0.4 is 0 Å². The van der Waals surface area contributed by atoms with Gasteiger partial charge in [-0.25, -0.2) is 0 Å². The van der Waals surface area contributed by atoms with E-state index in [1.165, 1.54) is 16.8 Å². The highest BCUT2D eigenvalue weighted by atomic mass is 32.3. The second-order valence-electron chi connectivity index (χ2n) is 8.46. The maximum Gasteiger partial charge on any atom is 0.390 e. The number of halogens is 10. The van der Waals surface area contributed by atoms with Crippen molar-refractivity contribution in [1.29, 1.82) is 0 Å². The van der Waals surface area contributed by atoms with Gasteiger partial charge in [-0.1, -0.05) is 6.92 Å².